The van der Waals surface area contributed by atoms with Crippen LogP contribution in [0.5, 0.6) is 11.5 Å². The molecule has 2 heterocycles. The lowest BCUT2D eigenvalue weighted by atomic mass is 9.89. The summed E-state index contributed by atoms with van der Waals surface area (Å²) in [5.41, 5.74) is 2.99. The molecule has 0 amide bonds. The third-order valence-corrected chi connectivity index (χ3v) is 5.53. The van der Waals surface area contributed by atoms with E-state index >= 15 is 0 Å². The van der Waals surface area contributed by atoms with E-state index in [9.17, 15) is 4.79 Å². The molecule has 0 spiro atoms. The topological polar surface area (TPSA) is 54.6 Å². The summed E-state index contributed by atoms with van der Waals surface area (Å²) in [6, 6.07) is 15.9. The predicted octanol–water partition coefficient (Wildman–Crippen LogP) is 4.28. The van der Waals surface area contributed by atoms with E-state index in [2.05, 4.69) is 34.1 Å². The number of aromatic amines is 1. The lowest BCUT2D eigenvalue weighted by Gasteiger charge is -2.31. The Labute approximate surface area is 165 Å². The van der Waals surface area contributed by atoms with Gasteiger partial charge < -0.3 is 14.5 Å². The van der Waals surface area contributed by atoms with Crippen LogP contribution in [0.2, 0.25) is 0 Å². The van der Waals surface area contributed by atoms with E-state index < -0.39 is 0 Å². The molecule has 0 unspecified atom stereocenters. The van der Waals surface area contributed by atoms with Crippen LogP contribution in [0.4, 0.5) is 0 Å². The van der Waals surface area contributed by atoms with Gasteiger partial charge in [0.05, 0.1) is 19.8 Å². The number of para-hydroxylation sites is 1. The Kier molecular flexibility index (Phi) is 5.35. The number of piperidine rings is 1. The van der Waals surface area contributed by atoms with Gasteiger partial charge in [0.25, 0.3) is 0 Å². The molecule has 0 aliphatic carbocycles. The van der Waals surface area contributed by atoms with Crippen molar-refractivity contribution in [2.24, 2.45) is 5.92 Å². The van der Waals surface area contributed by atoms with E-state index in [1.54, 1.807) is 20.3 Å². The van der Waals surface area contributed by atoms with Crippen molar-refractivity contribution >= 4 is 16.7 Å². The molecule has 1 N–H and O–H groups in total. The van der Waals surface area contributed by atoms with Gasteiger partial charge in [0, 0.05) is 36.3 Å². The van der Waals surface area contributed by atoms with E-state index in [0.29, 0.717) is 17.1 Å². The smallest absolute Gasteiger partial charge is 0.170 e. The average molecular weight is 378 g/mol. The Bertz CT molecular complexity index is 946. The summed E-state index contributed by atoms with van der Waals surface area (Å²) in [5, 5.41) is 1.23. The molecule has 5 nitrogen and oxygen atoms in total. The second kappa shape index (κ2) is 8.07. The first kappa shape index (κ1) is 18.6. The first-order valence-corrected chi connectivity index (χ1v) is 9.73. The number of ketones is 1. The van der Waals surface area contributed by atoms with Crippen molar-refractivity contribution in [3.63, 3.8) is 0 Å². The Morgan fingerprint density at radius 1 is 1.14 bits per heavy atom. The number of H-pyrrole nitrogens is 1. The lowest BCUT2D eigenvalue weighted by Crippen LogP contribution is -2.38. The fourth-order valence-electron chi connectivity index (χ4n) is 4.09. The highest BCUT2D eigenvalue weighted by atomic mass is 16.5. The molecule has 0 radical (unpaired) electrons. The highest BCUT2D eigenvalue weighted by Gasteiger charge is 2.28. The van der Waals surface area contributed by atoms with E-state index in [1.807, 2.05) is 18.2 Å². The number of ether oxygens (including phenoxy) is 2. The number of nitrogens with one attached hydrogen (secondary N) is 1. The first-order chi connectivity index (χ1) is 13.7. The zero-order chi connectivity index (χ0) is 19.5. The molecule has 146 valence electrons. The molecule has 3 aromatic rings. The second-order valence-electron chi connectivity index (χ2n) is 7.39. The molecule has 1 atom stereocenters. The summed E-state index contributed by atoms with van der Waals surface area (Å²) < 4.78 is 10.7. The number of benzene rings is 2. The fraction of sp³-hybridized carbons (Fsp3) is 0.348. The number of rotatable bonds is 6. The fourth-order valence-corrected chi connectivity index (χ4v) is 4.09. The molecule has 0 saturated carbocycles. The first-order valence-electron chi connectivity index (χ1n) is 9.73. The molecule has 5 heteroatoms. The number of hydrogen-bond acceptors (Lipinski definition) is 4. The van der Waals surface area contributed by atoms with Crippen molar-refractivity contribution in [2.75, 3.05) is 27.3 Å². The van der Waals surface area contributed by atoms with Crippen LogP contribution in [0.3, 0.4) is 0 Å². The zero-order valence-electron chi connectivity index (χ0n) is 16.4. The summed E-state index contributed by atoms with van der Waals surface area (Å²) in [4.78, 5) is 19.0. The third-order valence-electron chi connectivity index (χ3n) is 5.53. The van der Waals surface area contributed by atoms with Gasteiger partial charge in [-0.05, 0) is 49.0 Å². The minimum absolute atomic E-state index is 0.0135. The van der Waals surface area contributed by atoms with Gasteiger partial charge in [0.15, 0.2) is 5.78 Å². The second-order valence-corrected chi connectivity index (χ2v) is 7.39. The maximum Gasteiger partial charge on any atom is 0.170 e. The van der Waals surface area contributed by atoms with Crippen molar-refractivity contribution in [1.29, 1.82) is 0 Å². The maximum absolute atomic E-state index is 13.2. The largest absolute Gasteiger partial charge is 0.497 e. The van der Waals surface area contributed by atoms with Crippen LogP contribution in [-0.2, 0) is 6.54 Å². The number of methoxy groups -OCH3 is 2. The molecule has 0 bridgehead atoms. The summed E-state index contributed by atoms with van der Waals surface area (Å²) >= 11 is 0. The SMILES string of the molecule is COc1ccc(C(=O)[C@H]2CCCN(Cc3cc4ccccc4[nH]3)C2)c(OC)c1. The number of Topliss-reactive ketones (excluding diaryl/α,β-unsaturated/α-hetero) is 1. The minimum Gasteiger partial charge on any atom is -0.497 e. The Hall–Kier alpha value is -2.79. The van der Waals surface area contributed by atoms with Crippen molar-refractivity contribution in [2.45, 2.75) is 19.4 Å². The predicted molar refractivity (Wildman–Crippen MR) is 110 cm³/mol. The minimum atomic E-state index is -0.0135. The third kappa shape index (κ3) is 3.76. The van der Waals surface area contributed by atoms with Crippen molar-refractivity contribution in [3.05, 3.63) is 59.8 Å². The highest BCUT2D eigenvalue weighted by molar-refractivity contribution is 6.00. The van der Waals surface area contributed by atoms with E-state index in [-0.39, 0.29) is 11.7 Å². The number of aromatic nitrogens is 1. The van der Waals surface area contributed by atoms with Crippen LogP contribution >= 0.6 is 0 Å². The maximum atomic E-state index is 13.2. The van der Waals surface area contributed by atoms with Gasteiger partial charge >= 0.3 is 0 Å². The monoisotopic (exact) mass is 378 g/mol. The number of nitrogens with zero attached hydrogens (tertiary/aromatic N) is 1. The molecular formula is C23H26N2O3. The molecule has 1 fully saturated rings. The molecule has 1 aliphatic rings. The summed E-state index contributed by atoms with van der Waals surface area (Å²) in [5.74, 6) is 1.41. The van der Waals surface area contributed by atoms with Gasteiger partial charge in [-0.3, -0.25) is 9.69 Å². The summed E-state index contributed by atoms with van der Waals surface area (Å²) in [6.07, 6.45) is 1.94. The number of carbonyl (C=O) groups is 1. The van der Waals surface area contributed by atoms with Crippen LogP contribution in [-0.4, -0.2) is 43.0 Å². The number of likely N-dealkylation sites (tertiary alicyclic amines) is 1. The Balaban J connectivity index is 1.48. The zero-order valence-corrected chi connectivity index (χ0v) is 16.4. The van der Waals surface area contributed by atoms with Crippen molar-refractivity contribution < 1.29 is 14.3 Å². The van der Waals surface area contributed by atoms with E-state index in [4.69, 9.17) is 9.47 Å². The highest BCUT2D eigenvalue weighted by Crippen LogP contribution is 2.30. The lowest BCUT2D eigenvalue weighted by molar-refractivity contribution is 0.0807. The van der Waals surface area contributed by atoms with Gasteiger partial charge in [-0.25, -0.2) is 0 Å². The standard InChI is InChI=1S/C23H26N2O3/c1-27-19-9-10-20(22(13-19)28-2)23(26)17-7-5-11-25(14-17)15-18-12-16-6-3-4-8-21(16)24-18/h3-4,6,8-10,12-13,17,24H,5,7,11,14-15H2,1-2H3/t17-/m0/s1. The van der Waals surface area contributed by atoms with Crippen molar-refractivity contribution in [3.8, 4) is 11.5 Å². The van der Waals surface area contributed by atoms with Gasteiger partial charge in [-0.2, -0.15) is 0 Å². The molecule has 2 aromatic carbocycles. The summed E-state index contributed by atoms with van der Waals surface area (Å²) in [6.45, 7) is 2.61. The van der Waals surface area contributed by atoms with Crippen LogP contribution in [0.15, 0.2) is 48.5 Å². The average Bonchev–Trinajstić information content (AvgIpc) is 3.15. The summed E-state index contributed by atoms with van der Waals surface area (Å²) in [7, 11) is 3.20. The van der Waals surface area contributed by atoms with Crippen LogP contribution in [0, 0.1) is 5.92 Å². The quantitative estimate of drug-likeness (QED) is 0.651. The molecule has 1 saturated heterocycles. The number of carbonyl (C=O) groups excluding carboxylic acids is 1. The van der Waals surface area contributed by atoms with E-state index in [0.717, 1.165) is 38.0 Å². The Morgan fingerprint density at radius 3 is 2.79 bits per heavy atom. The van der Waals surface area contributed by atoms with Gasteiger partial charge in [0.2, 0.25) is 0 Å². The molecular weight excluding hydrogens is 352 g/mol. The normalized spacial score (nSPS) is 17.6. The van der Waals surface area contributed by atoms with Crippen LogP contribution < -0.4 is 9.47 Å². The molecule has 1 aliphatic heterocycles. The number of hydrogen-bond donors (Lipinski definition) is 1. The van der Waals surface area contributed by atoms with Gasteiger partial charge in [0.1, 0.15) is 11.5 Å². The molecule has 4 rings (SSSR count). The molecule has 28 heavy (non-hydrogen) atoms. The van der Waals surface area contributed by atoms with Crippen LogP contribution in [0.25, 0.3) is 10.9 Å². The number of fused-ring (bicyclic) bond motifs is 1. The van der Waals surface area contributed by atoms with E-state index in [1.165, 1.54) is 11.1 Å². The van der Waals surface area contributed by atoms with Crippen molar-refractivity contribution in [1.82, 2.24) is 9.88 Å². The van der Waals surface area contributed by atoms with Crippen LogP contribution in [0.1, 0.15) is 28.9 Å². The van der Waals surface area contributed by atoms with Gasteiger partial charge in [-0.15, -0.1) is 0 Å². The Morgan fingerprint density at radius 2 is 2.00 bits per heavy atom. The molecule has 1 aromatic heterocycles. The van der Waals surface area contributed by atoms with Gasteiger partial charge in [-0.1, -0.05) is 18.2 Å².